The second-order valence-electron chi connectivity index (χ2n) is 3.50. The van der Waals surface area contributed by atoms with Crippen LogP contribution in [0.1, 0.15) is 19.8 Å². The third-order valence-electron chi connectivity index (χ3n) is 2.01. The molecule has 0 saturated carbocycles. The summed E-state index contributed by atoms with van der Waals surface area (Å²) in [6.45, 7) is 3.32. The number of nitrogens with two attached hydrogens (primary N) is 1. The Bertz CT molecular complexity index is 341. The normalized spacial score (nSPS) is 9.81. The van der Waals surface area contributed by atoms with Crippen LogP contribution in [0.4, 0.5) is 11.5 Å². The van der Waals surface area contributed by atoms with Gasteiger partial charge in [0.15, 0.2) is 0 Å². The van der Waals surface area contributed by atoms with E-state index in [-0.39, 0.29) is 5.91 Å². The van der Waals surface area contributed by atoms with Gasteiger partial charge in [0.2, 0.25) is 5.91 Å². The Labute approximate surface area is 95.4 Å². The summed E-state index contributed by atoms with van der Waals surface area (Å²) in [5, 5.41) is 5.85. The van der Waals surface area contributed by atoms with Crippen LogP contribution < -0.4 is 16.4 Å². The number of nitrogen functional groups attached to an aromatic ring is 1. The molecule has 1 aromatic heterocycles. The smallest absolute Gasteiger partial charge is 0.221 e. The molecule has 0 aliphatic rings. The van der Waals surface area contributed by atoms with Gasteiger partial charge in [-0.15, -0.1) is 0 Å². The lowest BCUT2D eigenvalue weighted by Gasteiger charge is -2.06. The molecule has 1 heterocycles. The van der Waals surface area contributed by atoms with Crippen molar-refractivity contribution in [1.82, 2.24) is 10.3 Å². The SMILES string of the molecule is CCCNC(=O)CCNc1cc(N)ccn1. The Morgan fingerprint density at radius 2 is 2.31 bits per heavy atom. The summed E-state index contributed by atoms with van der Waals surface area (Å²) in [7, 11) is 0. The van der Waals surface area contributed by atoms with E-state index in [0.29, 0.717) is 24.5 Å². The molecule has 0 spiro atoms. The summed E-state index contributed by atoms with van der Waals surface area (Å²) in [5.74, 6) is 0.751. The van der Waals surface area contributed by atoms with Crippen molar-refractivity contribution in [2.75, 3.05) is 24.1 Å². The Kier molecular flexibility index (Phi) is 5.11. The first-order valence-electron chi connectivity index (χ1n) is 5.44. The van der Waals surface area contributed by atoms with Crippen LogP contribution in [0.2, 0.25) is 0 Å². The molecule has 0 atom stereocenters. The number of pyridine rings is 1. The standard InChI is InChI=1S/C11H18N4O/c1-2-5-15-11(16)4-7-14-10-8-9(12)3-6-13-10/h3,6,8H,2,4-5,7H2,1H3,(H,15,16)(H3,12,13,14). The van der Waals surface area contributed by atoms with Gasteiger partial charge >= 0.3 is 0 Å². The molecule has 0 aromatic carbocycles. The molecule has 1 aromatic rings. The lowest BCUT2D eigenvalue weighted by molar-refractivity contribution is -0.120. The Hall–Kier alpha value is -1.78. The van der Waals surface area contributed by atoms with E-state index in [1.54, 1.807) is 18.3 Å². The maximum absolute atomic E-state index is 11.3. The van der Waals surface area contributed by atoms with Crippen LogP contribution in [0.25, 0.3) is 0 Å². The quantitative estimate of drug-likeness (QED) is 0.670. The van der Waals surface area contributed by atoms with Gasteiger partial charge in [0.1, 0.15) is 5.82 Å². The lowest BCUT2D eigenvalue weighted by Crippen LogP contribution is -2.25. The number of nitrogens with one attached hydrogen (secondary N) is 2. The number of hydrogen-bond acceptors (Lipinski definition) is 4. The van der Waals surface area contributed by atoms with Gasteiger partial charge < -0.3 is 16.4 Å². The molecule has 0 bridgehead atoms. The molecule has 88 valence electrons. The number of hydrogen-bond donors (Lipinski definition) is 3. The van der Waals surface area contributed by atoms with Crippen LogP contribution in [0.5, 0.6) is 0 Å². The second kappa shape index (κ2) is 6.66. The van der Waals surface area contributed by atoms with E-state index in [4.69, 9.17) is 5.73 Å². The zero-order valence-electron chi connectivity index (χ0n) is 9.49. The third kappa shape index (κ3) is 4.63. The van der Waals surface area contributed by atoms with Crippen molar-refractivity contribution < 1.29 is 4.79 Å². The maximum atomic E-state index is 11.3. The summed E-state index contributed by atoms with van der Waals surface area (Å²) in [6, 6.07) is 3.46. The highest BCUT2D eigenvalue weighted by Crippen LogP contribution is 2.07. The number of aromatic nitrogens is 1. The Morgan fingerprint density at radius 3 is 3.00 bits per heavy atom. The van der Waals surface area contributed by atoms with Crippen molar-refractivity contribution in [2.45, 2.75) is 19.8 Å². The van der Waals surface area contributed by atoms with Crippen molar-refractivity contribution in [3.63, 3.8) is 0 Å². The molecule has 0 aliphatic heterocycles. The molecule has 5 nitrogen and oxygen atoms in total. The summed E-state index contributed by atoms with van der Waals surface area (Å²) < 4.78 is 0. The maximum Gasteiger partial charge on any atom is 0.221 e. The van der Waals surface area contributed by atoms with Crippen LogP contribution in [0.3, 0.4) is 0 Å². The van der Waals surface area contributed by atoms with E-state index in [9.17, 15) is 4.79 Å². The average molecular weight is 222 g/mol. The largest absolute Gasteiger partial charge is 0.399 e. The van der Waals surface area contributed by atoms with Crippen LogP contribution in [-0.4, -0.2) is 24.0 Å². The minimum atomic E-state index is 0.0539. The fourth-order valence-electron chi connectivity index (χ4n) is 1.20. The topological polar surface area (TPSA) is 80.0 Å². The summed E-state index contributed by atoms with van der Waals surface area (Å²) in [6.07, 6.45) is 3.03. The molecular weight excluding hydrogens is 204 g/mol. The lowest BCUT2D eigenvalue weighted by atomic mass is 10.3. The summed E-state index contributed by atoms with van der Waals surface area (Å²) >= 11 is 0. The fraction of sp³-hybridized carbons (Fsp3) is 0.455. The second-order valence-corrected chi connectivity index (χ2v) is 3.50. The van der Waals surface area contributed by atoms with Crippen LogP contribution in [-0.2, 0) is 4.79 Å². The number of carbonyl (C=O) groups is 1. The van der Waals surface area contributed by atoms with Gasteiger partial charge in [0.05, 0.1) is 0 Å². The molecule has 0 aliphatic carbocycles. The molecule has 0 radical (unpaired) electrons. The molecule has 0 fully saturated rings. The number of anilines is 2. The van der Waals surface area contributed by atoms with Crippen molar-refractivity contribution >= 4 is 17.4 Å². The van der Waals surface area contributed by atoms with Crippen LogP contribution >= 0.6 is 0 Å². The minimum absolute atomic E-state index is 0.0539. The van der Waals surface area contributed by atoms with E-state index >= 15 is 0 Å². The number of rotatable bonds is 6. The predicted octanol–water partition coefficient (Wildman–Crippen LogP) is 0.992. The van der Waals surface area contributed by atoms with E-state index in [0.717, 1.165) is 13.0 Å². The van der Waals surface area contributed by atoms with Crippen molar-refractivity contribution in [3.05, 3.63) is 18.3 Å². The van der Waals surface area contributed by atoms with Gasteiger partial charge in [-0.2, -0.15) is 0 Å². The van der Waals surface area contributed by atoms with Crippen LogP contribution in [0.15, 0.2) is 18.3 Å². The van der Waals surface area contributed by atoms with E-state index < -0.39 is 0 Å². The van der Waals surface area contributed by atoms with Gasteiger partial charge in [-0.05, 0) is 12.5 Å². The Morgan fingerprint density at radius 1 is 1.50 bits per heavy atom. The number of nitrogens with zero attached hydrogens (tertiary/aromatic N) is 1. The van der Waals surface area contributed by atoms with E-state index in [2.05, 4.69) is 15.6 Å². The molecule has 0 unspecified atom stereocenters. The molecule has 1 amide bonds. The highest BCUT2D eigenvalue weighted by molar-refractivity contribution is 5.76. The third-order valence-corrected chi connectivity index (χ3v) is 2.01. The zero-order valence-corrected chi connectivity index (χ0v) is 9.49. The molecule has 5 heteroatoms. The molecule has 4 N–H and O–H groups in total. The van der Waals surface area contributed by atoms with Gasteiger partial charge in [0.25, 0.3) is 0 Å². The molecule has 1 rings (SSSR count). The van der Waals surface area contributed by atoms with Crippen molar-refractivity contribution in [2.24, 2.45) is 0 Å². The number of amides is 1. The van der Waals surface area contributed by atoms with Gasteiger partial charge in [-0.3, -0.25) is 4.79 Å². The first-order chi connectivity index (χ1) is 7.72. The molecule has 16 heavy (non-hydrogen) atoms. The first-order valence-corrected chi connectivity index (χ1v) is 5.44. The van der Waals surface area contributed by atoms with E-state index in [1.165, 1.54) is 0 Å². The van der Waals surface area contributed by atoms with Crippen molar-refractivity contribution in [1.29, 1.82) is 0 Å². The highest BCUT2D eigenvalue weighted by atomic mass is 16.1. The summed E-state index contributed by atoms with van der Waals surface area (Å²) in [5.41, 5.74) is 6.26. The van der Waals surface area contributed by atoms with Crippen molar-refractivity contribution in [3.8, 4) is 0 Å². The van der Waals surface area contributed by atoms with Gasteiger partial charge in [-0.1, -0.05) is 6.92 Å². The zero-order chi connectivity index (χ0) is 11.8. The average Bonchev–Trinajstić information content (AvgIpc) is 2.26. The molecule has 0 saturated heterocycles. The van der Waals surface area contributed by atoms with Gasteiger partial charge in [-0.25, -0.2) is 4.98 Å². The number of carbonyl (C=O) groups excluding carboxylic acids is 1. The fourth-order valence-corrected chi connectivity index (χ4v) is 1.20. The van der Waals surface area contributed by atoms with Gasteiger partial charge in [0, 0.05) is 37.5 Å². The predicted molar refractivity (Wildman–Crippen MR) is 65.1 cm³/mol. The van der Waals surface area contributed by atoms with Crippen LogP contribution in [0, 0.1) is 0 Å². The minimum Gasteiger partial charge on any atom is -0.399 e. The molecular formula is C11H18N4O. The first kappa shape index (κ1) is 12.3. The Balaban J connectivity index is 2.22. The summed E-state index contributed by atoms with van der Waals surface area (Å²) in [4.78, 5) is 15.3. The monoisotopic (exact) mass is 222 g/mol. The van der Waals surface area contributed by atoms with E-state index in [1.807, 2.05) is 6.92 Å². The highest BCUT2D eigenvalue weighted by Gasteiger charge is 1.99.